The van der Waals surface area contributed by atoms with Gasteiger partial charge in [0.15, 0.2) is 8.32 Å². The Hall–Kier alpha value is -1.77. The largest absolute Gasteiger partial charge is 0.414 e. The summed E-state index contributed by atoms with van der Waals surface area (Å²) in [5, 5.41) is 11.6. The van der Waals surface area contributed by atoms with Gasteiger partial charge < -0.3 is 14.0 Å². The van der Waals surface area contributed by atoms with Crippen molar-refractivity contribution in [3.05, 3.63) is 85.0 Å². The molecule has 2 aromatic carbocycles. The van der Waals surface area contributed by atoms with Gasteiger partial charge in [0.25, 0.3) is 8.32 Å². The number of aliphatic hydroxyl groups excluding tert-OH is 1. The molecule has 0 radical (unpaired) electrons. The molecule has 1 N–H and O–H groups in total. The molecule has 1 atom stereocenters. The molecule has 2 rings (SSSR count). The molecule has 0 fully saturated rings. The first-order chi connectivity index (χ1) is 16.3. The second kappa shape index (κ2) is 13.4. The molecule has 186 valence electrons. The zero-order valence-corrected chi connectivity index (χ0v) is 24.0. The smallest absolute Gasteiger partial charge is 0.261 e. The SMILES string of the molecule is CC[Si](CC)(CC)OC[C@H](/C=C/C=C/CO)O[Si](c1ccccc1)(c1ccccc1)C(C)(C)C. The van der Waals surface area contributed by atoms with Crippen LogP contribution in [-0.2, 0) is 8.85 Å². The Kier molecular flexibility index (Phi) is 11.2. The lowest BCUT2D eigenvalue weighted by molar-refractivity contribution is 0.147. The third-order valence-electron chi connectivity index (χ3n) is 6.91. The van der Waals surface area contributed by atoms with E-state index in [1.807, 2.05) is 12.2 Å². The minimum atomic E-state index is -2.70. The first-order valence-electron chi connectivity index (χ1n) is 12.7. The van der Waals surface area contributed by atoms with E-state index in [1.165, 1.54) is 10.4 Å². The van der Waals surface area contributed by atoms with E-state index in [0.29, 0.717) is 6.61 Å². The van der Waals surface area contributed by atoms with Gasteiger partial charge in [-0.1, -0.05) is 127 Å². The summed E-state index contributed by atoms with van der Waals surface area (Å²) in [5.41, 5.74) is 0. The van der Waals surface area contributed by atoms with Gasteiger partial charge in [-0.15, -0.1) is 0 Å². The van der Waals surface area contributed by atoms with Crippen LogP contribution >= 0.6 is 0 Å². The van der Waals surface area contributed by atoms with Crippen molar-refractivity contribution in [3.8, 4) is 0 Å². The molecule has 0 aliphatic heterocycles. The topological polar surface area (TPSA) is 38.7 Å². The van der Waals surface area contributed by atoms with E-state index in [0.717, 1.165) is 18.1 Å². The fraction of sp³-hybridized carbons (Fsp3) is 0.448. The monoisotopic (exact) mass is 496 g/mol. The van der Waals surface area contributed by atoms with Crippen molar-refractivity contribution in [1.29, 1.82) is 0 Å². The van der Waals surface area contributed by atoms with Crippen molar-refractivity contribution in [2.45, 2.75) is 70.8 Å². The maximum Gasteiger partial charge on any atom is 0.261 e. The second-order valence-corrected chi connectivity index (χ2v) is 18.9. The predicted molar refractivity (Wildman–Crippen MR) is 151 cm³/mol. The fourth-order valence-electron chi connectivity index (χ4n) is 4.69. The molecule has 2 aromatic rings. The van der Waals surface area contributed by atoms with E-state index >= 15 is 0 Å². The molecule has 34 heavy (non-hydrogen) atoms. The van der Waals surface area contributed by atoms with Crippen molar-refractivity contribution in [1.82, 2.24) is 0 Å². The van der Waals surface area contributed by atoms with Crippen LogP contribution in [0.1, 0.15) is 41.5 Å². The van der Waals surface area contributed by atoms with Crippen molar-refractivity contribution < 1.29 is 14.0 Å². The van der Waals surface area contributed by atoms with E-state index in [2.05, 4.69) is 108 Å². The Labute approximate surface area is 209 Å². The average molecular weight is 497 g/mol. The van der Waals surface area contributed by atoms with Gasteiger partial charge in [0.1, 0.15) is 0 Å². The minimum absolute atomic E-state index is 0.0264. The molecule has 0 aliphatic rings. The average Bonchev–Trinajstić information content (AvgIpc) is 2.86. The molecule has 0 aromatic heterocycles. The predicted octanol–water partition coefficient (Wildman–Crippen LogP) is 6.06. The molecule has 0 aliphatic carbocycles. The van der Waals surface area contributed by atoms with E-state index < -0.39 is 16.6 Å². The van der Waals surface area contributed by atoms with E-state index in [1.54, 1.807) is 6.08 Å². The van der Waals surface area contributed by atoms with Gasteiger partial charge >= 0.3 is 0 Å². The highest BCUT2D eigenvalue weighted by Crippen LogP contribution is 2.38. The van der Waals surface area contributed by atoms with Gasteiger partial charge in [0.05, 0.1) is 19.3 Å². The summed E-state index contributed by atoms with van der Waals surface area (Å²) < 4.78 is 14.1. The third kappa shape index (κ3) is 6.89. The van der Waals surface area contributed by atoms with E-state index in [4.69, 9.17) is 14.0 Å². The molecule has 0 heterocycles. The molecule has 5 heteroatoms. The summed E-state index contributed by atoms with van der Waals surface area (Å²) in [6, 6.07) is 24.8. The Morgan fingerprint density at radius 2 is 1.32 bits per heavy atom. The number of hydrogen-bond acceptors (Lipinski definition) is 3. The normalized spacial score (nSPS) is 14.2. The zero-order valence-electron chi connectivity index (χ0n) is 22.0. The van der Waals surface area contributed by atoms with Gasteiger partial charge in [0.2, 0.25) is 0 Å². The van der Waals surface area contributed by atoms with Crippen LogP contribution in [0.4, 0.5) is 0 Å². The van der Waals surface area contributed by atoms with Gasteiger partial charge in [-0.3, -0.25) is 0 Å². The summed E-state index contributed by atoms with van der Waals surface area (Å²) in [5.74, 6) is 0. The number of allylic oxidation sites excluding steroid dienone is 2. The first-order valence-corrected chi connectivity index (χ1v) is 17.1. The maximum atomic E-state index is 9.16. The van der Waals surface area contributed by atoms with Crippen LogP contribution in [-0.4, -0.2) is 41.1 Å². The van der Waals surface area contributed by atoms with Crippen LogP contribution in [0.5, 0.6) is 0 Å². The molecule has 0 spiro atoms. The quantitative estimate of drug-likeness (QED) is 0.271. The molecule has 0 saturated carbocycles. The third-order valence-corrected chi connectivity index (χ3v) is 16.6. The van der Waals surface area contributed by atoms with E-state index in [-0.39, 0.29) is 17.7 Å². The summed E-state index contributed by atoms with van der Waals surface area (Å²) >= 11 is 0. The lowest BCUT2D eigenvalue weighted by Gasteiger charge is -2.45. The summed E-state index contributed by atoms with van der Waals surface area (Å²) in [7, 11) is -4.47. The Bertz CT molecular complexity index is 837. The maximum absolute atomic E-state index is 9.16. The van der Waals surface area contributed by atoms with Gasteiger partial charge in [-0.2, -0.15) is 0 Å². The molecule has 3 nitrogen and oxygen atoms in total. The van der Waals surface area contributed by atoms with Crippen LogP contribution in [0.3, 0.4) is 0 Å². The van der Waals surface area contributed by atoms with Gasteiger partial charge in [0, 0.05) is 0 Å². The Morgan fingerprint density at radius 1 is 0.824 bits per heavy atom. The highest BCUT2D eigenvalue weighted by Gasteiger charge is 2.51. The number of benzene rings is 2. The summed E-state index contributed by atoms with van der Waals surface area (Å²) in [6.45, 7) is 14.3. The molecule has 0 saturated heterocycles. The van der Waals surface area contributed by atoms with Crippen molar-refractivity contribution in [2.75, 3.05) is 13.2 Å². The van der Waals surface area contributed by atoms with Crippen LogP contribution in [0.15, 0.2) is 85.0 Å². The number of rotatable bonds is 13. The summed E-state index contributed by atoms with van der Waals surface area (Å²) in [6.07, 6.45) is 7.51. The standard InChI is InChI=1S/C29H44O3Si2/c1-7-33(8-2,9-3)31-25-26(19-13-12-18-24-30)32-34(29(4,5)6,27-20-14-10-15-21-27)28-22-16-11-17-23-28/h10-23,26,30H,7-9,24-25H2,1-6H3/b18-12+,19-13+/t26-/m0/s1. The summed E-state index contributed by atoms with van der Waals surface area (Å²) in [4.78, 5) is 0. The molecule has 0 unspecified atom stereocenters. The van der Waals surface area contributed by atoms with Crippen molar-refractivity contribution in [2.24, 2.45) is 0 Å². The van der Waals surface area contributed by atoms with Crippen LogP contribution in [0.25, 0.3) is 0 Å². The first kappa shape index (κ1) is 28.5. The molecule has 0 amide bonds. The Balaban J connectivity index is 2.59. The lowest BCUT2D eigenvalue weighted by atomic mass is 10.2. The van der Waals surface area contributed by atoms with Crippen molar-refractivity contribution >= 4 is 27.0 Å². The highest BCUT2D eigenvalue weighted by atomic mass is 28.4. The van der Waals surface area contributed by atoms with Crippen LogP contribution in [0.2, 0.25) is 23.2 Å². The Morgan fingerprint density at radius 3 is 1.74 bits per heavy atom. The number of aliphatic hydroxyl groups is 1. The van der Waals surface area contributed by atoms with Crippen LogP contribution < -0.4 is 10.4 Å². The fourth-order valence-corrected chi connectivity index (χ4v) is 11.9. The number of hydrogen-bond donors (Lipinski definition) is 1. The molecular weight excluding hydrogens is 452 g/mol. The molecule has 0 bridgehead atoms. The van der Waals surface area contributed by atoms with Crippen LogP contribution in [0, 0.1) is 0 Å². The lowest BCUT2D eigenvalue weighted by Crippen LogP contribution is -2.68. The zero-order chi connectivity index (χ0) is 25.1. The highest BCUT2D eigenvalue weighted by molar-refractivity contribution is 6.99. The van der Waals surface area contributed by atoms with E-state index in [9.17, 15) is 0 Å². The molecular formula is C29H44O3Si2. The minimum Gasteiger partial charge on any atom is -0.414 e. The van der Waals surface area contributed by atoms with Crippen molar-refractivity contribution in [3.63, 3.8) is 0 Å². The van der Waals surface area contributed by atoms with Gasteiger partial charge in [-0.05, 0) is 33.5 Å². The van der Waals surface area contributed by atoms with Gasteiger partial charge in [-0.25, -0.2) is 0 Å². The second-order valence-electron chi connectivity index (χ2n) is 9.87.